The molecule has 0 radical (unpaired) electrons. The summed E-state index contributed by atoms with van der Waals surface area (Å²) in [4.78, 5) is 4.32. The molecule has 0 saturated carbocycles. The van der Waals surface area contributed by atoms with Crippen LogP contribution < -0.4 is 5.32 Å². The van der Waals surface area contributed by atoms with E-state index in [0.29, 0.717) is 0 Å². The zero-order chi connectivity index (χ0) is 9.80. The molecule has 0 saturated heterocycles. The molecule has 1 aliphatic heterocycles. The molecular weight excluding hydrogens is 196 g/mol. The Morgan fingerprint density at radius 1 is 1.64 bits per heavy atom. The van der Waals surface area contributed by atoms with E-state index in [1.165, 1.54) is 5.69 Å². The Labute approximate surface area is 87.8 Å². The highest BCUT2D eigenvalue weighted by Crippen LogP contribution is 2.08. The highest BCUT2D eigenvalue weighted by molar-refractivity contribution is 8.14. The maximum Gasteiger partial charge on any atom is 0.156 e. The number of aryl methyl sites for hydroxylation is 1. The van der Waals surface area contributed by atoms with Gasteiger partial charge in [-0.3, -0.25) is 9.67 Å². The van der Waals surface area contributed by atoms with E-state index in [0.717, 1.165) is 30.4 Å². The summed E-state index contributed by atoms with van der Waals surface area (Å²) >= 11 is 1.80. The van der Waals surface area contributed by atoms with Crippen molar-refractivity contribution in [2.75, 3.05) is 18.8 Å². The minimum Gasteiger partial charge on any atom is -0.365 e. The lowest BCUT2D eigenvalue weighted by molar-refractivity contribution is 0.696. The van der Waals surface area contributed by atoms with Gasteiger partial charge in [-0.05, 0) is 6.07 Å². The van der Waals surface area contributed by atoms with Crippen molar-refractivity contribution in [2.24, 2.45) is 12.0 Å². The molecule has 0 fully saturated rings. The molecule has 14 heavy (non-hydrogen) atoms. The van der Waals surface area contributed by atoms with Crippen LogP contribution in [0.25, 0.3) is 0 Å². The Morgan fingerprint density at radius 2 is 2.57 bits per heavy atom. The lowest BCUT2D eigenvalue weighted by atomic mass is 10.3. The fourth-order valence-electron chi connectivity index (χ4n) is 1.39. The van der Waals surface area contributed by atoms with Crippen molar-refractivity contribution in [1.29, 1.82) is 0 Å². The first kappa shape index (κ1) is 9.58. The van der Waals surface area contributed by atoms with E-state index >= 15 is 0 Å². The van der Waals surface area contributed by atoms with E-state index < -0.39 is 0 Å². The second-order valence-electron chi connectivity index (χ2n) is 3.16. The molecule has 0 aliphatic carbocycles. The van der Waals surface area contributed by atoms with Crippen molar-refractivity contribution >= 4 is 16.9 Å². The van der Waals surface area contributed by atoms with Gasteiger partial charge in [-0.25, -0.2) is 0 Å². The van der Waals surface area contributed by atoms with Crippen LogP contribution in [0.5, 0.6) is 0 Å². The molecule has 1 aliphatic rings. The molecule has 4 nitrogen and oxygen atoms in total. The Hall–Kier alpha value is -0.970. The summed E-state index contributed by atoms with van der Waals surface area (Å²) in [6, 6.07) is 2.05. The summed E-state index contributed by atoms with van der Waals surface area (Å²) in [5.41, 5.74) is 1.25. The monoisotopic (exact) mass is 210 g/mol. The molecule has 0 atom stereocenters. The Kier molecular flexibility index (Phi) is 3.08. The minimum absolute atomic E-state index is 0.936. The second-order valence-corrected chi connectivity index (χ2v) is 4.24. The van der Waals surface area contributed by atoms with Crippen LogP contribution in [0.1, 0.15) is 5.69 Å². The third-order valence-electron chi connectivity index (χ3n) is 2.17. The highest BCUT2D eigenvalue weighted by Gasteiger charge is 2.05. The van der Waals surface area contributed by atoms with Gasteiger partial charge in [-0.1, -0.05) is 11.8 Å². The largest absolute Gasteiger partial charge is 0.365 e. The van der Waals surface area contributed by atoms with Crippen LogP contribution in [0.4, 0.5) is 0 Å². The van der Waals surface area contributed by atoms with Gasteiger partial charge >= 0.3 is 0 Å². The van der Waals surface area contributed by atoms with Gasteiger partial charge in [0.25, 0.3) is 0 Å². The number of aliphatic imine (C=N–C) groups is 1. The predicted molar refractivity (Wildman–Crippen MR) is 59.7 cm³/mol. The van der Waals surface area contributed by atoms with E-state index in [-0.39, 0.29) is 0 Å². The van der Waals surface area contributed by atoms with E-state index in [1.807, 2.05) is 24.0 Å². The third-order valence-corrected chi connectivity index (χ3v) is 3.10. The highest BCUT2D eigenvalue weighted by atomic mass is 32.2. The first-order valence-corrected chi connectivity index (χ1v) is 5.73. The number of hydrogen-bond donors (Lipinski definition) is 1. The molecule has 2 rings (SSSR count). The van der Waals surface area contributed by atoms with E-state index in [2.05, 4.69) is 15.4 Å². The molecule has 1 N–H and O–H groups in total. The maximum absolute atomic E-state index is 4.32. The van der Waals surface area contributed by atoms with Gasteiger partial charge in [0.2, 0.25) is 0 Å². The smallest absolute Gasteiger partial charge is 0.156 e. The van der Waals surface area contributed by atoms with Crippen molar-refractivity contribution in [3.8, 4) is 0 Å². The van der Waals surface area contributed by atoms with Crippen LogP contribution in [0.2, 0.25) is 0 Å². The molecule has 76 valence electrons. The predicted octanol–water partition coefficient (Wildman–Crippen LogP) is 0.655. The Morgan fingerprint density at radius 3 is 3.21 bits per heavy atom. The van der Waals surface area contributed by atoms with Gasteiger partial charge in [-0.2, -0.15) is 5.10 Å². The van der Waals surface area contributed by atoms with Crippen molar-refractivity contribution in [2.45, 2.75) is 6.42 Å². The molecule has 0 aromatic carbocycles. The molecule has 1 aromatic rings. The number of rotatable bonds is 3. The number of hydrogen-bond acceptors (Lipinski definition) is 4. The van der Waals surface area contributed by atoms with E-state index in [1.54, 1.807) is 11.8 Å². The van der Waals surface area contributed by atoms with Gasteiger partial charge in [0.15, 0.2) is 5.17 Å². The zero-order valence-corrected chi connectivity index (χ0v) is 9.05. The van der Waals surface area contributed by atoms with E-state index in [9.17, 15) is 0 Å². The number of nitrogens with zero attached hydrogens (tertiary/aromatic N) is 3. The molecule has 2 heterocycles. The summed E-state index contributed by atoms with van der Waals surface area (Å²) in [6.45, 7) is 1.89. The normalized spacial score (nSPS) is 15.6. The number of nitrogens with one attached hydrogen (secondary N) is 1. The van der Waals surface area contributed by atoms with Gasteiger partial charge in [-0.15, -0.1) is 0 Å². The van der Waals surface area contributed by atoms with Crippen LogP contribution in [0, 0.1) is 0 Å². The Balaban J connectivity index is 1.75. The summed E-state index contributed by atoms with van der Waals surface area (Å²) in [7, 11) is 1.97. The third kappa shape index (κ3) is 2.29. The minimum atomic E-state index is 0.936. The van der Waals surface area contributed by atoms with Gasteiger partial charge in [0.05, 0.1) is 6.54 Å². The van der Waals surface area contributed by atoms with Gasteiger partial charge in [0.1, 0.15) is 0 Å². The maximum atomic E-state index is 4.32. The average Bonchev–Trinajstić information content (AvgIpc) is 2.78. The average molecular weight is 210 g/mol. The summed E-state index contributed by atoms with van der Waals surface area (Å²) in [5, 5.41) is 8.53. The van der Waals surface area contributed by atoms with Crippen LogP contribution in [-0.4, -0.2) is 33.8 Å². The summed E-state index contributed by atoms with van der Waals surface area (Å²) in [6.07, 6.45) is 2.83. The van der Waals surface area contributed by atoms with Crippen molar-refractivity contribution in [3.63, 3.8) is 0 Å². The first-order valence-electron chi connectivity index (χ1n) is 4.74. The van der Waals surface area contributed by atoms with Crippen molar-refractivity contribution in [1.82, 2.24) is 15.1 Å². The second kappa shape index (κ2) is 4.50. The number of aromatic nitrogens is 2. The van der Waals surface area contributed by atoms with Gasteiger partial charge < -0.3 is 5.32 Å². The summed E-state index contributed by atoms with van der Waals surface area (Å²) in [5.74, 6) is 1.12. The van der Waals surface area contributed by atoms with Crippen molar-refractivity contribution < 1.29 is 0 Å². The summed E-state index contributed by atoms with van der Waals surface area (Å²) < 4.78 is 1.91. The van der Waals surface area contributed by atoms with Crippen LogP contribution in [0.3, 0.4) is 0 Å². The van der Waals surface area contributed by atoms with Gasteiger partial charge in [0, 0.05) is 37.7 Å². The lowest BCUT2D eigenvalue weighted by Crippen LogP contribution is -2.22. The van der Waals surface area contributed by atoms with Crippen LogP contribution >= 0.6 is 11.8 Å². The van der Waals surface area contributed by atoms with Crippen molar-refractivity contribution in [3.05, 3.63) is 18.0 Å². The molecule has 0 spiro atoms. The fraction of sp³-hybridized carbons (Fsp3) is 0.556. The molecule has 1 aromatic heterocycles. The van der Waals surface area contributed by atoms with E-state index in [4.69, 9.17) is 0 Å². The molecule has 0 unspecified atom stereocenters. The zero-order valence-electron chi connectivity index (χ0n) is 8.23. The van der Waals surface area contributed by atoms with Crippen LogP contribution in [-0.2, 0) is 13.5 Å². The molecule has 0 bridgehead atoms. The molecule has 0 amide bonds. The topological polar surface area (TPSA) is 42.2 Å². The number of thioether (sulfide) groups is 1. The Bertz CT molecular complexity index is 331. The molecular formula is C9H14N4S. The molecule has 5 heteroatoms. The standard InChI is InChI=1S/C9H14N4S/c1-13-8(3-5-12-13)2-4-10-9-11-6-7-14-9/h3,5H,2,4,6-7H2,1H3,(H,10,11). The van der Waals surface area contributed by atoms with Crippen LogP contribution in [0.15, 0.2) is 17.3 Å². The SMILES string of the molecule is Cn1nccc1CCNC1=NCCS1. The lowest BCUT2D eigenvalue weighted by Gasteiger charge is -2.04. The fourth-order valence-corrected chi connectivity index (χ4v) is 2.15. The number of amidine groups is 1. The first-order chi connectivity index (χ1) is 6.86. The quantitative estimate of drug-likeness (QED) is 0.796.